The SMILES string of the molecule is C=CC1c2cc(C)ccc2N(S(=O)(=O)c2ccc(C)cc2)C(c2ccc(OC(C)=O)cc2)C1(C#N)C#N. The number of anilines is 1. The molecule has 0 aliphatic carbocycles. The van der Waals surface area contributed by atoms with Crippen molar-refractivity contribution in [2.45, 2.75) is 37.6 Å². The predicted molar refractivity (Wildman–Crippen MR) is 139 cm³/mol. The van der Waals surface area contributed by atoms with Crippen molar-refractivity contribution >= 4 is 21.7 Å². The Bertz CT molecular complexity index is 1550. The van der Waals surface area contributed by atoms with Crippen LogP contribution in [0.3, 0.4) is 0 Å². The van der Waals surface area contributed by atoms with Gasteiger partial charge in [0.05, 0.1) is 22.7 Å². The molecule has 0 radical (unpaired) electrons. The van der Waals surface area contributed by atoms with Crippen molar-refractivity contribution < 1.29 is 17.9 Å². The van der Waals surface area contributed by atoms with Crippen molar-refractivity contribution in [3.63, 3.8) is 0 Å². The molecule has 0 bridgehead atoms. The summed E-state index contributed by atoms with van der Waals surface area (Å²) >= 11 is 0. The fourth-order valence-electron chi connectivity index (χ4n) is 4.84. The summed E-state index contributed by atoms with van der Waals surface area (Å²) in [6, 6.07) is 21.0. The van der Waals surface area contributed by atoms with Gasteiger partial charge in [-0.15, -0.1) is 6.58 Å². The molecular formula is C29H25N3O4S. The summed E-state index contributed by atoms with van der Waals surface area (Å²) in [6.07, 6.45) is 1.53. The Balaban J connectivity index is 2.07. The quantitative estimate of drug-likeness (QED) is 0.255. The van der Waals surface area contributed by atoms with E-state index in [0.717, 1.165) is 11.1 Å². The summed E-state index contributed by atoms with van der Waals surface area (Å²) in [5.74, 6) is -1.02. The second kappa shape index (κ2) is 9.57. The van der Waals surface area contributed by atoms with Gasteiger partial charge in [0.2, 0.25) is 0 Å². The number of rotatable bonds is 5. The van der Waals surface area contributed by atoms with E-state index in [4.69, 9.17) is 4.74 Å². The standard InChI is InChI=1S/C29H25N3O4S/c1-5-26-25-16-20(3)8-15-27(25)32(37(34,35)24-13-6-19(2)7-14-24)28(29(26,17-30)18-31)22-9-11-23(12-10-22)36-21(4)33/h5-16,26,28H,1H2,2-4H3. The van der Waals surface area contributed by atoms with E-state index in [0.29, 0.717) is 16.8 Å². The van der Waals surface area contributed by atoms with E-state index in [2.05, 4.69) is 18.7 Å². The van der Waals surface area contributed by atoms with Gasteiger partial charge >= 0.3 is 5.97 Å². The fourth-order valence-corrected chi connectivity index (χ4v) is 6.53. The highest BCUT2D eigenvalue weighted by Gasteiger charge is 2.57. The number of nitrogens with zero attached hydrogens (tertiary/aromatic N) is 3. The first-order valence-electron chi connectivity index (χ1n) is 11.5. The Kier molecular flexibility index (Phi) is 6.64. The van der Waals surface area contributed by atoms with Crippen LogP contribution in [0.4, 0.5) is 5.69 Å². The van der Waals surface area contributed by atoms with Crippen molar-refractivity contribution in [1.29, 1.82) is 10.5 Å². The molecule has 0 N–H and O–H groups in total. The minimum absolute atomic E-state index is 0.0352. The predicted octanol–water partition coefficient (Wildman–Crippen LogP) is 5.48. The topological polar surface area (TPSA) is 111 Å². The largest absolute Gasteiger partial charge is 0.427 e. The first-order chi connectivity index (χ1) is 17.6. The van der Waals surface area contributed by atoms with E-state index in [-0.39, 0.29) is 10.6 Å². The molecule has 0 spiro atoms. The molecule has 8 heteroatoms. The minimum Gasteiger partial charge on any atom is -0.427 e. The summed E-state index contributed by atoms with van der Waals surface area (Å²) in [4.78, 5) is 11.4. The molecular weight excluding hydrogens is 486 g/mol. The third-order valence-corrected chi connectivity index (χ3v) is 8.35. The van der Waals surface area contributed by atoms with Crippen LogP contribution in [-0.4, -0.2) is 14.4 Å². The van der Waals surface area contributed by atoms with Crippen LogP contribution in [0.2, 0.25) is 0 Å². The molecule has 1 heterocycles. The molecule has 0 saturated carbocycles. The molecule has 0 aromatic heterocycles. The van der Waals surface area contributed by atoms with Crippen molar-refractivity contribution in [2.75, 3.05) is 4.31 Å². The van der Waals surface area contributed by atoms with E-state index in [1.807, 2.05) is 13.8 Å². The molecule has 1 aliphatic heterocycles. The minimum atomic E-state index is -4.24. The lowest BCUT2D eigenvalue weighted by molar-refractivity contribution is -0.131. The number of benzene rings is 3. The van der Waals surface area contributed by atoms with Crippen molar-refractivity contribution in [1.82, 2.24) is 0 Å². The van der Waals surface area contributed by atoms with E-state index < -0.39 is 33.4 Å². The number of carbonyl (C=O) groups excluding carboxylic acids is 1. The number of esters is 1. The lowest BCUT2D eigenvalue weighted by Gasteiger charge is -2.47. The fraction of sp³-hybridized carbons (Fsp3) is 0.207. The molecule has 0 saturated heterocycles. The zero-order valence-electron chi connectivity index (χ0n) is 20.7. The van der Waals surface area contributed by atoms with Gasteiger partial charge in [-0.3, -0.25) is 9.10 Å². The molecule has 2 unspecified atom stereocenters. The van der Waals surface area contributed by atoms with Gasteiger partial charge in [0, 0.05) is 12.8 Å². The lowest BCUT2D eigenvalue weighted by atomic mass is 9.64. The van der Waals surface area contributed by atoms with Crippen LogP contribution in [0, 0.1) is 41.9 Å². The van der Waals surface area contributed by atoms with Gasteiger partial charge in [0.15, 0.2) is 5.41 Å². The lowest BCUT2D eigenvalue weighted by Crippen LogP contribution is -2.50. The van der Waals surface area contributed by atoms with E-state index >= 15 is 0 Å². The number of allylic oxidation sites excluding steroid dienone is 1. The highest BCUT2D eigenvalue weighted by atomic mass is 32.2. The number of sulfonamides is 1. The monoisotopic (exact) mass is 511 g/mol. The number of nitriles is 2. The first-order valence-corrected chi connectivity index (χ1v) is 13.0. The van der Waals surface area contributed by atoms with E-state index in [1.54, 1.807) is 42.5 Å². The zero-order chi connectivity index (χ0) is 27.0. The van der Waals surface area contributed by atoms with Crippen molar-refractivity contribution in [3.8, 4) is 17.9 Å². The third kappa shape index (κ3) is 4.26. The van der Waals surface area contributed by atoms with Gasteiger partial charge in [-0.1, -0.05) is 53.6 Å². The number of carbonyl (C=O) groups is 1. The normalized spacial score (nSPS) is 18.1. The van der Waals surface area contributed by atoms with Crippen LogP contribution >= 0.6 is 0 Å². The number of hydrogen-bond donors (Lipinski definition) is 0. The maximum absolute atomic E-state index is 14.3. The van der Waals surface area contributed by atoms with Crippen LogP contribution in [-0.2, 0) is 14.8 Å². The van der Waals surface area contributed by atoms with Crippen molar-refractivity contribution in [2.24, 2.45) is 5.41 Å². The molecule has 1 aliphatic rings. The maximum Gasteiger partial charge on any atom is 0.308 e. The van der Waals surface area contributed by atoms with Gasteiger partial charge < -0.3 is 4.74 Å². The Hall–Kier alpha value is -4.40. The molecule has 186 valence electrons. The number of ether oxygens (including phenoxy) is 1. The van der Waals surface area contributed by atoms with E-state index in [9.17, 15) is 23.7 Å². The third-order valence-electron chi connectivity index (χ3n) is 6.55. The van der Waals surface area contributed by atoms with Crippen LogP contribution in [0.1, 0.15) is 41.1 Å². The van der Waals surface area contributed by atoms with Crippen LogP contribution in [0.5, 0.6) is 5.75 Å². The molecule has 37 heavy (non-hydrogen) atoms. The second-order valence-corrected chi connectivity index (χ2v) is 10.9. The molecule has 3 aromatic carbocycles. The number of aryl methyl sites for hydroxylation is 2. The summed E-state index contributed by atoms with van der Waals surface area (Å²) in [7, 11) is -4.24. The van der Waals surface area contributed by atoms with Crippen LogP contribution < -0.4 is 9.04 Å². The average molecular weight is 512 g/mol. The summed E-state index contributed by atoms with van der Waals surface area (Å²) in [5.41, 5.74) is 1.19. The molecule has 0 fully saturated rings. The molecule has 3 aromatic rings. The number of fused-ring (bicyclic) bond motifs is 1. The van der Waals surface area contributed by atoms with Gasteiger partial charge in [0.1, 0.15) is 11.8 Å². The first kappa shape index (κ1) is 25.7. The van der Waals surface area contributed by atoms with Crippen LogP contribution in [0.25, 0.3) is 0 Å². The second-order valence-electron chi connectivity index (χ2n) is 9.05. The van der Waals surface area contributed by atoms with Gasteiger partial charge in [-0.05, 0) is 55.3 Å². The van der Waals surface area contributed by atoms with Gasteiger partial charge in [0.25, 0.3) is 10.0 Å². The summed E-state index contributed by atoms with van der Waals surface area (Å²) < 4.78 is 34.8. The maximum atomic E-state index is 14.3. The number of hydrogen-bond acceptors (Lipinski definition) is 6. The summed E-state index contributed by atoms with van der Waals surface area (Å²) in [6.45, 7) is 8.89. The highest BCUT2D eigenvalue weighted by molar-refractivity contribution is 7.92. The Morgan fingerprint density at radius 2 is 1.59 bits per heavy atom. The van der Waals surface area contributed by atoms with Crippen molar-refractivity contribution in [3.05, 3.63) is 102 Å². The van der Waals surface area contributed by atoms with E-state index in [1.165, 1.54) is 41.6 Å². The molecule has 0 amide bonds. The molecule has 7 nitrogen and oxygen atoms in total. The smallest absolute Gasteiger partial charge is 0.308 e. The summed E-state index contributed by atoms with van der Waals surface area (Å²) in [5, 5.41) is 21.0. The average Bonchev–Trinajstić information content (AvgIpc) is 2.87. The highest BCUT2D eigenvalue weighted by Crippen LogP contribution is 2.57. The molecule has 4 rings (SSSR count). The Labute approximate surface area is 216 Å². The molecule has 2 atom stereocenters. The van der Waals surface area contributed by atoms with Gasteiger partial charge in [-0.2, -0.15) is 10.5 Å². The zero-order valence-corrected chi connectivity index (χ0v) is 21.5. The Morgan fingerprint density at radius 3 is 2.14 bits per heavy atom. The Morgan fingerprint density at radius 1 is 1.00 bits per heavy atom. The van der Waals surface area contributed by atoms with Gasteiger partial charge in [-0.25, -0.2) is 8.42 Å². The van der Waals surface area contributed by atoms with Crippen LogP contribution in [0.15, 0.2) is 84.3 Å².